The first kappa shape index (κ1) is 14.3. The fourth-order valence-electron chi connectivity index (χ4n) is 3.06. The van der Waals surface area contributed by atoms with Gasteiger partial charge in [0.25, 0.3) is 0 Å². The van der Waals surface area contributed by atoms with Gasteiger partial charge in [-0.1, -0.05) is 20.8 Å². The van der Waals surface area contributed by atoms with Crippen molar-refractivity contribution < 1.29 is 4.74 Å². The van der Waals surface area contributed by atoms with Crippen LogP contribution in [0.15, 0.2) is 0 Å². The number of rotatable bonds is 2. The summed E-state index contributed by atoms with van der Waals surface area (Å²) in [7, 11) is 0. The van der Waals surface area contributed by atoms with Crippen LogP contribution >= 0.6 is 0 Å². The molecule has 2 rings (SSSR count). The van der Waals surface area contributed by atoms with Gasteiger partial charge in [-0.15, -0.1) is 0 Å². The Bertz CT molecular complexity index is 243. The predicted octanol–water partition coefficient (Wildman–Crippen LogP) is 2.12. The molecular weight excluding hydrogens is 224 g/mol. The van der Waals surface area contributed by atoms with Gasteiger partial charge in [-0.3, -0.25) is 0 Å². The largest absolute Gasteiger partial charge is 0.381 e. The molecule has 2 heterocycles. The van der Waals surface area contributed by atoms with Gasteiger partial charge in [0.15, 0.2) is 0 Å². The van der Waals surface area contributed by atoms with Crippen molar-refractivity contribution in [2.24, 2.45) is 11.3 Å². The smallest absolute Gasteiger partial charge is 0.0506 e. The SMILES string of the molecule is CC(C)(C)C1CN(CC2CCCOC2)CCCN1. The molecule has 0 aliphatic carbocycles. The lowest BCUT2D eigenvalue weighted by molar-refractivity contribution is 0.0364. The maximum absolute atomic E-state index is 5.61. The summed E-state index contributed by atoms with van der Waals surface area (Å²) in [5, 5.41) is 3.72. The topological polar surface area (TPSA) is 24.5 Å². The molecule has 2 atom stereocenters. The Morgan fingerprint density at radius 1 is 1.28 bits per heavy atom. The molecule has 2 aliphatic rings. The molecule has 3 nitrogen and oxygen atoms in total. The average molecular weight is 254 g/mol. The van der Waals surface area contributed by atoms with E-state index in [1.54, 1.807) is 0 Å². The van der Waals surface area contributed by atoms with E-state index in [2.05, 4.69) is 31.0 Å². The lowest BCUT2D eigenvalue weighted by Crippen LogP contribution is -2.47. The van der Waals surface area contributed by atoms with Gasteiger partial charge in [-0.05, 0) is 43.7 Å². The summed E-state index contributed by atoms with van der Waals surface area (Å²) in [5.74, 6) is 0.762. The van der Waals surface area contributed by atoms with E-state index < -0.39 is 0 Å². The van der Waals surface area contributed by atoms with E-state index in [-0.39, 0.29) is 0 Å². The molecule has 0 aromatic rings. The summed E-state index contributed by atoms with van der Waals surface area (Å²) in [4.78, 5) is 2.66. The van der Waals surface area contributed by atoms with E-state index in [4.69, 9.17) is 4.74 Å². The second-order valence-electron chi connectivity index (χ2n) is 7.07. The molecule has 18 heavy (non-hydrogen) atoms. The fraction of sp³-hybridized carbons (Fsp3) is 1.00. The Morgan fingerprint density at radius 2 is 2.11 bits per heavy atom. The zero-order chi connectivity index (χ0) is 13.0. The third-order valence-electron chi connectivity index (χ3n) is 4.30. The summed E-state index contributed by atoms with van der Waals surface area (Å²) in [6, 6.07) is 0.615. The highest BCUT2D eigenvalue weighted by Crippen LogP contribution is 2.23. The van der Waals surface area contributed by atoms with Crippen LogP contribution < -0.4 is 5.32 Å². The van der Waals surface area contributed by atoms with Gasteiger partial charge in [-0.25, -0.2) is 0 Å². The van der Waals surface area contributed by atoms with E-state index in [1.807, 2.05) is 0 Å². The van der Waals surface area contributed by atoms with Crippen LogP contribution in [-0.4, -0.2) is 50.3 Å². The second kappa shape index (κ2) is 6.36. The van der Waals surface area contributed by atoms with Crippen molar-refractivity contribution in [2.75, 3.05) is 39.4 Å². The number of nitrogens with zero attached hydrogens (tertiary/aromatic N) is 1. The summed E-state index contributed by atoms with van der Waals surface area (Å²) in [6.45, 7) is 13.8. The molecule has 2 unspecified atom stereocenters. The van der Waals surface area contributed by atoms with Gasteiger partial charge in [-0.2, -0.15) is 0 Å². The minimum Gasteiger partial charge on any atom is -0.381 e. The Morgan fingerprint density at radius 3 is 2.78 bits per heavy atom. The van der Waals surface area contributed by atoms with Crippen molar-refractivity contribution in [3.05, 3.63) is 0 Å². The number of ether oxygens (including phenoxy) is 1. The van der Waals surface area contributed by atoms with Crippen LogP contribution in [0, 0.1) is 11.3 Å². The van der Waals surface area contributed by atoms with Crippen LogP contribution in [0.2, 0.25) is 0 Å². The van der Waals surface area contributed by atoms with Crippen molar-refractivity contribution in [3.63, 3.8) is 0 Å². The monoisotopic (exact) mass is 254 g/mol. The molecule has 0 aromatic carbocycles. The van der Waals surface area contributed by atoms with Crippen molar-refractivity contribution in [3.8, 4) is 0 Å². The van der Waals surface area contributed by atoms with Gasteiger partial charge in [0, 0.05) is 25.7 Å². The van der Waals surface area contributed by atoms with E-state index in [0.29, 0.717) is 11.5 Å². The van der Waals surface area contributed by atoms with Crippen molar-refractivity contribution >= 4 is 0 Å². The maximum Gasteiger partial charge on any atom is 0.0506 e. The Balaban J connectivity index is 1.86. The molecule has 0 aromatic heterocycles. The minimum absolute atomic E-state index is 0.353. The second-order valence-corrected chi connectivity index (χ2v) is 7.07. The van der Waals surface area contributed by atoms with Gasteiger partial charge < -0.3 is 15.0 Å². The van der Waals surface area contributed by atoms with Crippen LogP contribution in [0.1, 0.15) is 40.0 Å². The first-order valence-electron chi connectivity index (χ1n) is 7.59. The molecule has 3 heteroatoms. The van der Waals surface area contributed by atoms with E-state index in [9.17, 15) is 0 Å². The highest BCUT2D eigenvalue weighted by atomic mass is 16.5. The molecule has 0 bridgehead atoms. The predicted molar refractivity (Wildman–Crippen MR) is 75.8 cm³/mol. The highest BCUT2D eigenvalue weighted by molar-refractivity contribution is 4.86. The van der Waals surface area contributed by atoms with E-state index in [0.717, 1.165) is 19.1 Å². The Hall–Kier alpha value is -0.120. The molecule has 0 amide bonds. The molecule has 1 N–H and O–H groups in total. The summed E-state index contributed by atoms with van der Waals surface area (Å²) in [5.41, 5.74) is 0.353. The van der Waals surface area contributed by atoms with Gasteiger partial charge in [0.2, 0.25) is 0 Å². The zero-order valence-corrected chi connectivity index (χ0v) is 12.4. The van der Waals surface area contributed by atoms with Crippen LogP contribution in [0.25, 0.3) is 0 Å². The van der Waals surface area contributed by atoms with Crippen LogP contribution in [0.4, 0.5) is 0 Å². The van der Waals surface area contributed by atoms with Gasteiger partial charge in [0.05, 0.1) is 6.61 Å². The first-order chi connectivity index (χ1) is 8.55. The average Bonchev–Trinajstić information content (AvgIpc) is 2.55. The summed E-state index contributed by atoms with van der Waals surface area (Å²) < 4.78 is 5.61. The molecule has 2 aliphatic heterocycles. The zero-order valence-electron chi connectivity index (χ0n) is 12.4. The standard InChI is InChI=1S/C15H30N2O/c1-15(2,3)14-11-17(8-5-7-16-14)10-13-6-4-9-18-12-13/h13-14,16H,4-12H2,1-3H3. The lowest BCUT2D eigenvalue weighted by Gasteiger charge is -2.35. The summed E-state index contributed by atoms with van der Waals surface area (Å²) >= 11 is 0. The quantitative estimate of drug-likeness (QED) is 0.817. The minimum atomic E-state index is 0.353. The van der Waals surface area contributed by atoms with Gasteiger partial charge >= 0.3 is 0 Å². The molecule has 2 fully saturated rings. The normalized spacial score (nSPS) is 32.2. The maximum atomic E-state index is 5.61. The molecule has 2 saturated heterocycles. The first-order valence-corrected chi connectivity index (χ1v) is 7.59. The highest BCUT2D eigenvalue weighted by Gasteiger charge is 2.29. The van der Waals surface area contributed by atoms with Crippen LogP contribution in [0.3, 0.4) is 0 Å². The molecular formula is C15H30N2O. The van der Waals surface area contributed by atoms with Gasteiger partial charge in [0.1, 0.15) is 0 Å². The third-order valence-corrected chi connectivity index (χ3v) is 4.30. The third kappa shape index (κ3) is 4.22. The summed E-state index contributed by atoms with van der Waals surface area (Å²) in [6.07, 6.45) is 3.88. The molecule has 0 radical (unpaired) electrons. The molecule has 106 valence electrons. The lowest BCUT2D eigenvalue weighted by atomic mass is 9.86. The van der Waals surface area contributed by atoms with E-state index >= 15 is 0 Å². The Labute approximate surface area is 112 Å². The fourth-order valence-corrected chi connectivity index (χ4v) is 3.06. The molecule has 0 spiro atoms. The number of hydrogen-bond donors (Lipinski definition) is 1. The van der Waals surface area contributed by atoms with Crippen molar-refractivity contribution in [2.45, 2.75) is 46.1 Å². The number of hydrogen-bond acceptors (Lipinski definition) is 3. The molecule has 0 saturated carbocycles. The van der Waals surface area contributed by atoms with Crippen LogP contribution in [0.5, 0.6) is 0 Å². The Kier molecular flexibility index (Phi) is 5.05. The van der Waals surface area contributed by atoms with E-state index in [1.165, 1.54) is 45.4 Å². The van der Waals surface area contributed by atoms with Crippen LogP contribution in [-0.2, 0) is 4.74 Å². The number of nitrogens with one attached hydrogen (secondary N) is 1. The van der Waals surface area contributed by atoms with Crippen molar-refractivity contribution in [1.29, 1.82) is 0 Å². The van der Waals surface area contributed by atoms with Crippen molar-refractivity contribution in [1.82, 2.24) is 10.2 Å².